The van der Waals surface area contributed by atoms with Crippen molar-refractivity contribution in [2.24, 2.45) is 0 Å². The standard InChI is InChI=1S/C4H4F2N2/c5-8(6)7-3-1-2-4-7/h1-4H. The normalized spacial score (nSPS) is 9.25. The molecule has 1 rings (SSSR count). The zero-order chi connectivity index (χ0) is 5.98. The molecule has 0 aliphatic heterocycles. The van der Waals surface area contributed by atoms with Gasteiger partial charge in [-0.15, -0.1) is 0 Å². The van der Waals surface area contributed by atoms with E-state index >= 15 is 0 Å². The third kappa shape index (κ3) is 0.776. The monoisotopic (exact) mass is 118 g/mol. The fourth-order valence-corrected chi connectivity index (χ4v) is 0.426. The molecule has 1 heterocycles. The molecule has 0 spiro atoms. The first-order valence-electron chi connectivity index (χ1n) is 2.05. The van der Waals surface area contributed by atoms with Gasteiger partial charge in [-0.05, 0) is 21.1 Å². The molecule has 0 saturated heterocycles. The lowest BCUT2D eigenvalue weighted by atomic mass is 10.7. The largest absolute Gasteiger partial charge is 0.215 e. The van der Waals surface area contributed by atoms with E-state index in [1.54, 1.807) is 0 Å². The van der Waals surface area contributed by atoms with Crippen molar-refractivity contribution in [2.75, 3.05) is 5.45 Å². The molecule has 0 unspecified atom stereocenters. The molecule has 0 bridgehead atoms. The van der Waals surface area contributed by atoms with Crippen molar-refractivity contribution in [1.29, 1.82) is 0 Å². The Labute approximate surface area is 44.8 Å². The minimum absolute atomic E-state index is 0.667. The van der Waals surface area contributed by atoms with Crippen LogP contribution in [0.4, 0.5) is 8.96 Å². The number of hydrogen-bond donors (Lipinski definition) is 0. The van der Waals surface area contributed by atoms with Crippen molar-refractivity contribution in [3.63, 3.8) is 0 Å². The smallest absolute Gasteiger partial charge is 0.0362 e. The highest BCUT2D eigenvalue weighted by molar-refractivity contribution is 4.91. The van der Waals surface area contributed by atoms with Gasteiger partial charge in [0.2, 0.25) is 0 Å². The van der Waals surface area contributed by atoms with Crippen LogP contribution < -0.4 is 5.45 Å². The van der Waals surface area contributed by atoms with Gasteiger partial charge in [0.15, 0.2) is 0 Å². The lowest BCUT2D eigenvalue weighted by molar-refractivity contribution is 0.140. The molecule has 1 aromatic rings. The van der Waals surface area contributed by atoms with Crippen LogP contribution in [0.2, 0.25) is 0 Å². The van der Waals surface area contributed by atoms with E-state index in [1.807, 2.05) is 0 Å². The molecule has 0 fully saturated rings. The van der Waals surface area contributed by atoms with Gasteiger partial charge in [-0.1, -0.05) is 0 Å². The van der Waals surface area contributed by atoms with Crippen molar-refractivity contribution in [2.45, 2.75) is 0 Å². The molecule has 0 aliphatic rings. The maximum Gasteiger partial charge on any atom is 0.0362 e. The van der Waals surface area contributed by atoms with Gasteiger partial charge < -0.3 is 0 Å². The van der Waals surface area contributed by atoms with Crippen LogP contribution in [0.5, 0.6) is 0 Å². The van der Waals surface area contributed by atoms with Gasteiger partial charge in [0, 0.05) is 17.8 Å². The molecule has 44 valence electrons. The number of nitrogens with zero attached hydrogens (tertiary/aromatic N) is 2. The summed E-state index contributed by atoms with van der Waals surface area (Å²) in [5.74, 6) is 0. The first kappa shape index (κ1) is 5.08. The fourth-order valence-electron chi connectivity index (χ4n) is 0.426. The van der Waals surface area contributed by atoms with Crippen LogP contribution in [-0.2, 0) is 0 Å². The second-order valence-corrected chi connectivity index (χ2v) is 1.28. The zero-order valence-electron chi connectivity index (χ0n) is 3.96. The van der Waals surface area contributed by atoms with Crippen LogP contribution in [0.25, 0.3) is 0 Å². The Morgan fingerprint density at radius 3 is 1.88 bits per heavy atom. The average Bonchev–Trinajstić information content (AvgIpc) is 2.12. The highest BCUT2D eigenvalue weighted by Gasteiger charge is 1.93. The lowest BCUT2D eigenvalue weighted by Crippen LogP contribution is -2.11. The van der Waals surface area contributed by atoms with Gasteiger partial charge in [0.1, 0.15) is 0 Å². The zero-order valence-corrected chi connectivity index (χ0v) is 3.96. The molecular formula is C4H4F2N2. The number of halogens is 2. The highest BCUT2D eigenvalue weighted by atomic mass is 19.4. The maximum atomic E-state index is 11.4. The Balaban J connectivity index is 2.77. The van der Waals surface area contributed by atoms with E-state index in [0.717, 1.165) is 0 Å². The Bertz CT molecular complexity index is 147. The van der Waals surface area contributed by atoms with Crippen LogP contribution in [0, 0.1) is 0 Å². The van der Waals surface area contributed by atoms with Crippen molar-refractivity contribution in [3.05, 3.63) is 24.5 Å². The molecule has 0 atom stereocenters. The fraction of sp³-hybridized carbons (Fsp3) is 0. The second kappa shape index (κ2) is 1.81. The summed E-state index contributed by atoms with van der Waals surface area (Å²) >= 11 is 0. The molecule has 8 heavy (non-hydrogen) atoms. The van der Waals surface area contributed by atoms with Gasteiger partial charge in [-0.2, -0.15) is 0 Å². The highest BCUT2D eigenvalue weighted by Crippen LogP contribution is 1.92. The minimum Gasteiger partial charge on any atom is -0.215 e. The van der Waals surface area contributed by atoms with Crippen molar-refractivity contribution >= 4 is 0 Å². The molecular weight excluding hydrogens is 114 g/mol. The van der Waals surface area contributed by atoms with Gasteiger partial charge in [0.05, 0.1) is 0 Å². The minimum atomic E-state index is -1.00. The Kier molecular flexibility index (Phi) is 1.15. The summed E-state index contributed by atoms with van der Waals surface area (Å²) in [4.78, 5) is 0. The summed E-state index contributed by atoms with van der Waals surface area (Å²) in [6.45, 7) is 0. The summed E-state index contributed by atoms with van der Waals surface area (Å²) in [6, 6.07) is 3.04. The Morgan fingerprint density at radius 1 is 1.12 bits per heavy atom. The van der Waals surface area contributed by atoms with Crippen LogP contribution >= 0.6 is 0 Å². The van der Waals surface area contributed by atoms with Gasteiger partial charge in [0.25, 0.3) is 0 Å². The summed E-state index contributed by atoms with van der Waals surface area (Å²) in [5, 5.41) is 0. The molecule has 4 heteroatoms. The third-order valence-corrected chi connectivity index (χ3v) is 0.763. The summed E-state index contributed by atoms with van der Waals surface area (Å²) < 4.78 is 23.5. The maximum absolute atomic E-state index is 11.4. The molecule has 0 saturated carbocycles. The number of hydrogen-bond acceptors (Lipinski definition) is 1. The SMILES string of the molecule is FN(F)n1cccc1. The summed E-state index contributed by atoms with van der Waals surface area (Å²) in [5.41, 5.74) is -1.00. The van der Waals surface area contributed by atoms with Crippen LogP contribution in [0.3, 0.4) is 0 Å². The Morgan fingerprint density at radius 2 is 1.62 bits per heavy atom. The van der Waals surface area contributed by atoms with Crippen LogP contribution in [0.1, 0.15) is 0 Å². The average molecular weight is 118 g/mol. The van der Waals surface area contributed by atoms with E-state index in [-0.39, 0.29) is 0 Å². The molecule has 0 radical (unpaired) electrons. The van der Waals surface area contributed by atoms with Crippen molar-refractivity contribution in [1.82, 2.24) is 4.68 Å². The third-order valence-electron chi connectivity index (χ3n) is 0.763. The summed E-state index contributed by atoms with van der Waals surface area (Å²) in [6.07, 6.45) is 2.50. The molecule has 1 aromatic heterocycles. The van der Waals surface area contributed by atoms with Gasteiger partial charge in [-0.25, -0.2) is 4.68 Å². The molecule has 0 aliphatic carbocycles. The van der Waals surface area contributed by atoms with Crippen LogP contribution in [-0.4, -0.2) is 4.68 Å². The second-order valence-electron chi connectivity index (χ2n) is 1.28. The van der Waals surface area contributed by atoms with Gasteiger partial charge in [-0.3, -0.25) is 0 Å². The number of rotatable bonds is 1. The quantitative estimate of drug-likeness (QED) is 0.503. The van der Waals surface area contributed by atoms with E-state index in [1.165, 1.54) is 24.5 Å². The Hall–Kier alpha value is -1.06. The van der Waals surface area contributed by atoms with E-state index in [9.17, 15) is 8.96 Å². The molecule has 0 amide bonds. The summed E-state index contributed by atoms with van der Waals surface area (Å²) in [7, 11) is 0. The first-order valence-corrected chi connectivity index (χ1v) is 2.05. The van der Waals surface area contributed by atoms with E-state index < -0.39 is 5.45 Å². The molecule has 2 nitrogen and oxygen atoms in total. The molecule has 0 aromatic carbocycles. The topological polar surface area (TPSA) is 8.17 Å². The lowest BCUT2D eigenvalue weighted by Gasteiger charge is -1.98. The first-order chi connectivity index (χ1) is 3.80. The van der Waals surface area contributed by atoms with E-state index in [0.29, 0.717) is 4.68 Å². The van der Waals surface area contributed by atoms with E-state index in [4.69, 9.17) is 0 Å². The van der Waals surface area contributed by atoms with Crippen LogP contribution in [0.15, 0.2) is 24.5 Å². The van der Waals surface area contributed by atoms with Crippen molar-refractivity contribution in [3.8, 4) is 0 Å². The number of aromatic nitrogens is 1. The van der Waals surface area contributed by atoms with Crippen molar-refractivity contribution < 1.29 is 8.96 Å². The molecule has 0 N–H and O–H groups in total. The van der Waals surface area contributed by atoms with E-state index in [2.05, 4.69) is 0 Å². The predicted molar refractivity (Wildman–Crippen MR) is 24.9 cm³/mol. The predicted octanol–water partition coefficient (Wildman–Crippen LogP) is 1.20. The van der Waals surface area contributed by atoms with Gasteiger partial charge >= 0.3 is 0 Å².